The van der Waals surface area contributed by atoms with Gasteiger partial charge in [-0.15, -0.1) is 11.3 Å². The van der Waals surface area contributed by atoms with Gasteiger partial charge in [-0.3, -0.25) is 9.78 Å². The maximum absolute atomic E-state index is 13.2. The third-order valence-corrected chi connectivity index (χ3v) is 6.13. The van der Waals surface area contributed by atoms with Crippen molar-refractivity contribution in [3.8, 4) is 0 Å². The van der Waals surface area contributed by atoms with E-state index >= 15 is 0 Å². The number of pyridine rings is 1. The van der Waals surface area contributed by atoms with Crippen molar-refractivity contribution in [1.29, 1.82) is 0 Å². The summed E-state index contributed by atoms with van der Waals surface area (Å²) < 4.78 is 6.33. The Morgan fingerprint density at radius 2 is 2.03 bits per heavy atom. The first-order chi connectivity index (χ1) is 14.1. The summed E-state index contributed by atoms with van der Waals surface area (Å²) in [5.74, 6) is 0. The van der Waals surface area contributed by atoms with Gasteiger partial charge >= 0.3 is 6.09 Å². The Bertz CT molecular complexity index is 1060. The molecule has 0 unspecified atom stereocenters. The maximum Gasteiger partial charge on any atom is 0.407 e. The Morgan fingerprint density at radius 3 is 2.76 bits per heavy atom. The minimum Gasteiger partial charge on any atom is -0.453 e. The van der Waals surface area contributed by atoms with E-state index in [1.165, 1.54) is 18.4 Å². The van der Waals surface area contributed by atoms with Crippen LogP contribution in [0.2, 0.25) is 0 Å². The lowest BCUT2D eigenvalue weighted by Crippen LogP contribution is -2.28. The molecule has 2 heterocycles. The molecule has 0 spiro atoms. The number of anilines is 1. The van der Waals surface area contributed by atoms with Crippen LogP contribution in [-0.4, -0.2) is 49.3 Å². The van der Waals surface area contributed by atoms with Gasteiger partial charge in [-0.2, -0.15) is 0 Å². The Morgan fingerprint density at radius 1 is 1.24 bits per heavy atom. The summed E-state index contributed by atoms with van der Waals surface area (Å²) in [5, 5.41) is 6.74. The Hall–Kier alpha value is -2.71. The largest absolute Gasteiger partial charge is 0.453 e. The highest BCUT2D eigenvalue weighted by Crippen LogP contribution is 2.31. The van der Waals surface area contributed by atoms with E-state index in [9.17, 15) is 9.59 Å². The zero-order valence-corrected chi connectivity index (χ0v) is 17.8. The molecule has 2 N–H and O–H groups in total. The van der Waals surface area contributed by atoms with Gasteiger partial charge in [-0.1, -0.05) is 19.9 Å². The first-order valence-electron chi connectivity index (χ1n) is 9.70. The van der Waals surface area contributed by atoms with Crippen molar-refractivity contribution in [3.05, 3.63) is 46.2 Å². The number of hydrogen-bond donors (Lipinski definition) is 2. The van der Waals surface area contributed by atoms with Crippen molar-refractivity contribution in [1.82, 2.24) is 15.2 Å². The van der Waals surface area contributed by atoms with Crippen molar-refractivity contribution in [2.45, 2.75) is 20.4 Å². The minimum atomic E-state index is -0.505. The van der Waals surface area contributed by atoms with Crippen molar-refractivity contribution < 1.29 is 9.53 Å². The number of fused-ring (bicyclic) bond motifs is 2. The first-order valence-corrected chi connectivity index (χ1v) is 10.5. The van der Waals surface area contributed by atoms with Crippen LogP contribution in [0.25, 0.3) is 20.3 Å². The number of aromatic nitrogens is 1. The van der Waals surface area contributed by atoms with E-state index in [1.807, 2.05) is 24.3 Å². The molecule has 3 aromatic rings. The normalized spacial score (nSPS) is 11.2. The molecule has 0 aliphatic heterocycles. The molecule has 0 bridgehead atoms. The first kappa shape index (κ1) is 21.0. The summed E-state index contributed by atoms with van der Waals surface area (Å²) in [6, 6.07) is 7.56. The molecule has 0 saturated heterocycles. The number of hydrogen-bond acceptors (Lipinski definition) is 7. The molecule has 0 aliphatic carbocycles. The van der Waals surface area contributed by atoms with Gasteiger partial charge in [0.15, 0.2) is 0 Å². The molecule has 3 rings (SSSR count). The predicted octanol–water partition coefficient (Wildman–Crippen LogP) is 3.42. The second kappa shape index (κ2) is 9.67. The number of nitrogens with one attached hydrogen (secondary N) is 2. The molecule has 1 amide bonds. The summed E-state index contributed by atoms with van der Waals surface area (Å²) in [4.78, 5) is 31.4. The Balaban J connectivity index is 2.04. The molecule has 0 saturated carbocycles. The van der Waals surface area contributed by atoms with Crippen LogP contribution in [0, 0.1) is 0 Å². The van der Waals surface area contributed by atoms with Gasteiger partial charge in [0.2, 0.25) is 5.43 Å². The van der Waals surface area contributed by atoms with Crippen LogP contribution < -0.4 is 16.1 Å². The topological polar surface area (TPSA) is 83.6 Å². The number of carbonyl (C=O) groups excluding carboxylic acids is 1. The predicted molar refractivity (Wildman–Crippen MR) is 119 cm³/mol. The van der Waals surface area contributed by atoms with Crippen molar-refractivity contribution >= 4 is 43.4 Å². The second-order valence-electron chi connectivity index (χ2n) is 6.56. The number of alkyl carbamates (subject to hydrolysis) is 1. The molecule has 1 aromatic carbocycles. The Kier molecular flexibility index (Phi) is 7.00. The van der Waals surface area contributed by atoms with Crippen LogP contribution in [0.1, 0.15) is 19.4 Å². The fraction of sp³-hybridized carbons (Fsp3) is 0.381. The van der Waals surface area contributed by atoms with Crippen LogP contribution >= 0.6 is 11.3 Å². The SMILES string of the molecule is CCN(CC)CCNc1ccc(CNC(=O)OC)c2sc3cccnc3c(=O)c12. The second-order valence-corrected chi connectivity index (χ2v) is 7.61. The summed E-state index contributed by atoms with van der Waals surface area (Å²) in [6.07, 6.45) is 1.13. The quantitative estimate of drug-likeness (QED) is 0.550. The van der Waals surface area contributed by atoms with E-state index < -0.39 is 6.09 Å². The molecule has 29 heavy (non-hydrogen) atoms. The van der Waals surface area contributed by atoms with Gasteiger partial charge in [0, 0.05) is 36.2 Å². The van der Waals surface area contributed by atoms with E-state index in [4.69, 9.17) is 0 Å². The highest BCUT2D eigenvalue weighted by molar-refractivity contribution is 7.24. The Labute approximate surface area is 173 Å². The zero-order chi connectivity index (χ0) is 20.8. The molecule has 0 radical (unpaired) electrons. The van der Waals surface area contributed by atoms with Gasteiger partial charge in [-0.05, 0) is 36.9 Å². The molecule has 154 valence electrons. The molecule has 0 aliphatic rings. The number of methoxy groups -OCH3 is 1. The van der Waals surface area contributed by atoms with E-state index in [2.05, 4.69) is 39.1 Å². The third kappa shape index (κ3) is 4.65. The lowest BCUT2D eigenvalue weighted by atomic mass is 10.1. The zero-order valence-electron chi connectivity index (χ0n) is 16.9. The third-order valence-electron chi connectivity index (χ3n) is 4.91. The molecular formula is C21H26N4O3S. The lowest BCUT2D eigenvalue weighted by Gasteiger charge is -2.19. The standard InChI is InChI=1S/C21H26N4O3S/c1-4-25(5-2)12-11-22-15-9-8-14(13-24-21(27)28-3)20-17(15)19(26)18-16(29-20)7-6-10-23-18/h6-10,22H,4-5,11-13H2,1-3H3,(H,24,27). The molecule has 7 nitrogen and oxygen atoms in total. The van der Waals surface area contributed by atoms with E-state index in [1.54, 1.807) is 6.20 Å². The van der Waals surface area contributed by atoms with Crippen LogP contribution in [-0.2, 0) is 11.3 Å². The van der Waals surface area contributed by atoms with E-state index in [-0.39, 0.29) is 12.0 Å². The van der Waals surface area contributed by atoms with Crippen LogP contribution in [0.4, 0.5) is 10.5 Å². The van der Waals surface area contributed by atoms with E-state index in [0.717, 1.165) is 46.8 Å². The minimum absolute atomic E-state index is 0.0976. The number of carbonyl (C=O) groups is 1. The average molecular weight is 415 g/mol. The van der Waals surface area contributed by atoms with Crippen molar-refractivity contribution in [2.24, 2.45) is 0 Å². The molecular weight excluding hydrogens is 388 g/mol. The number of ether oxygens (including phenoxy) is 1. The smallest absolute Gasteiger partial charge is 0.407 e. The van der Waals surface area contributed by atoms with Crippen molar-refractivity contribution in [3.63, 3.8) is 0 Å². The number of rotatable bonds is 8. The van der Waals surface area contributed by atoms with Gasteiger partial charge < -0.3 is 20.3 Å². The summed E-state index contributed by atoms with van der Waals surface area (Å²) in [5.41, 5.74) is 2.03. The van der Waals surface area contributed by atoms with E-state index in [0.29, 0.717) is 10.9 Å². The van der Waals surface area contributed by atoms with Gasteiger partial charge in [0.25, 0.3) is 0 Å². The monoisotopic (exact) mass is 414 g/mol. The molecule has 2 aromatic heterocycles. The number of nitrogens with zero attached hydrogens (tertiary/aromatic N) is 2. The summed E-state index contributed by atoms with van der Waals surface area (Å²) in [7, 11) is 1.33. The maximum atomic E-state index is 13.2. The van der Waals surface area contributed by atoms with Crippen LogP contribution in [0.5, 0.6) is 0 Å². The van der Waals surface area contributed by atoms with Crippen LogP contribution in [0.15, 0.2) is 35.3 Å². The molecule has 0 fully saturated rings. The number of benzene rings is 1. The lowest BCUT2D eigenvalue weighted by molar-refractivity contribution is 0.170. The average Bonchev–Trinajstić information content (AvgIpc) is 2.75. The van der Waals surface area contributed by atoms with Crippen molar-refractivity contribution in [2.75, 3.05) is 38.6 Å². The number of likely N-dealkylation sites (N-methyl/N-ethyl adjacent to an activating group) is 1. The number of amides is 1. The highest BCUT2D eigenvalue weighted by atomic mass is 32.1. The fourth-order valence-corrected chi connectivity index (χ4v) is 4.44. The molecule has 0 atom stereocenters. The summed E-state index contributed by atoms with van der Waals surface area (Å²) >= 11 is 1.51. The van der Waals surface area contributed by atoms with Gasteiger partial charge in [-0.25, -0.2) is 4.79 Å². The fourth-order valence-electron chi connectivity index (χ4n) is 3.25. The summed E-state index contributed by atoms with van der Waals surface area (Å²) in [6.45, 7) is 8.16. The van der Waals surface area contributed by atoms with Crippen LogP contribution in [0.3, 0.4) is 0 Å². The van der Waals surface area contributed by atoms with Gasteiger partial charge in [0.05, 0.1) is 17.2 Å². The molecule has 8 heteroatoms. The van der Waals surface area contributed by atoms with Gasteiger partial charge in [0.1, 0.15) is 5.52 Å². The highest BCUT2D eigenvalue weighted by Gasteiger charge is 2.15.